The molecule has 0 aromatic carbocycles. The van der Waals surface area contributed by atoms with Crippen LogP contribution in [0.4, 0.5) is 5.69 Å². The van der Waals surface area contributed by atoms with Crippen LogP contribution in [0.15, 0.2) is 23.4 Å². The summed E-state index contributed by atoms with van der Waals surface area (Å²) in [4.78, 5) is 6.30. The minimum Gasteiger partial charge on any atom is -0.384 e. The lowest BCUT2D eigenvalue weighted by Gasteiger charge is -2.21. The molecule has 1 N–H and O–H groups in total. The Morgan fingerprint density at radius 3 is 2.85 bits per heavy atom. The lowest BCUT2D eigenvalue weighted by atomic mass is 10.2. The Kier molecular flexibility index (Phi) is 4.62. The van der Waals surface area contributed by atoms with Gasteiger partial charge in [0, 0.05) is 38.1 Å². The van der Waals surface area contributed by atoms with Gasteiger partial charge < -0.3 is 10.2 Å². The van der Waals surface area contributed by atoms with E-state index in [1.54, 1.807) is 16.6 Å². The third kappa shape index (κ3) is 2.94. The van der Waals surface area contributed by atoms with E-state index in [1.807, 2.05) is 21.0 Å². The molecular formula is C13H22N4O2S. The molecule has 112 valence electrons. The van der Waals surface area contributed by atoms with Gasteiger partial charge in [-0.15, -0.1) is 0 Å². The molecule has 1 unspecified atom stereocenters. The van der Waals surface area contributed by atoms with Crippen molar-refractivity contribution in [2.75, 3.05) is 39.0 Å². The van der Waals surface area contributed by atoms with Gasteiger partial charge in [0.25, 0.3) is 0 Å². The molecule has 0 bridgehead atoms. The maximum atomic E-state index is 12.7. The Bertz CT molecular complexity index is 559. The summed E-state index contributed by atoms with van der Waals surface area (Å²) < 4.78 is 27.0. The Labute approximate surface area is 120 Å². The zero-order valence-corrected chi connectivity index (χ0v) is 13.0. The van der Waals surface area contributed by atoms with Gasteiger partial charge in [-0.05, 0) is 33.5 Å². The van der Waals surface area contributed by atoms with Crippen LogP contribution in [0.25, 0.3) is 0 Å². The number of nitrogens with one attached hydrogen (secondary N) is 1. The second-order valence-corrected chi connectivity index (χ2v) is 7.08. The molecule has 0 saturated carbocycles. The summed E-state index contributed by atoms with van der Waals surface area (Å²) >= 11 is 0. The first-order valence-corrected chi connectivity index (χ1v) is 8.25. The summed E-state index contributed by atoms with van der Waals surface area (Å²) in [7, 11) is 0.486. The number of nitrogens with zero attached hydrogens (tertiary/aromatic N) is 3. The van der Waals surface area contributed by atoms with Gasteiger partial charge in [0.1, 0.15) is 4.90 Å². The fraction of sp³-hybridized carbons (Fsp3) is 0.615. The number of hydrogen-bond acceptors (Lipinski definition) is 5. The van der Waals surface area contributed by atoms with Crippen LogP contribution in [0.5, 0.6) is 0 Å². The Hall–Kier alpha value is -1.18. The zero-order chi connectivity index (χ0) is 14.8. The second kappa shape index (κ2) is 6.07. The molecule has 6 nitrogen and oxygen atoms in total. The number of likely N-dealkylation sites (N-methyl/N-ethyl adjacent to an activating group) is 1. The molecule has 20 heavy (non-hydrogen) atoms. The van der Waals surface area contributed by atoms with Crippen molar-refractivity contribution in [3.8, 4) is 0 Å². The molecule has 1 aromatic rings. The molecule has 1 fully saturated rings. The normalized spacial score (nSPS) is 20.5. The van der Waals surface area contributed by atoms with Crippen molar-refractivity contribution in [3.05, 3.63) is 18.5 Å². The smallest absolute Gasteiger partial charge is 0.246 e. The fourth-order valence-corrected chi connectivity index (χ4v) is 4.02. The molecule has 1 aromatic heterocycles. The van der Waals surface area contributed by atoms with E-state index in [1.165, 1.54) is 6.20 Å². The van der Waals surface area contributed by atoms with Crippen LogP contribution in [0.1, 0.15) is 13.3 Å². The van der Waals surface area contributed by atoms with Crippen molar-refractivity contribution in [1.82, 2.24) is 14.2 Å². The average molecular weight is 298 g/mol. The largest absolute Gasteiger partial charge is 0.384 e. The van der Waals surface area contributed by atoms with E-state index in [0.717, 1.165) is 6.42 Å². The predicted molar refractivity (Wildman–Crippen MR) is 79.3 cm³/mol. The van der Waals surface area contributed by atoms with Gasteiger partial charge in [0.15, 0.2) is 0 Å². The van der Waals surface area contributed by atoms with Gasteiger partial charge in [-0.2, -0.15) is 4.31 Å². The summed E-state index contributed by atoms with van der Waals surface area (Å²) in [5, 5.41) is 3.08. The van der Waals surface area contributed by atoms with Crippen LogP contribution in [0.3, 0.4) is 0 Å². The monoisotopic (exact) mass is 298 g/mol. The van der Waals surface area contributed by atoms with Gasteiger partial charge in [-0.3, -0.25) is 4.98 Å². The third-order valence-electron chi connectivity index (χ3n) is 3.63. The van der Waals surface area contributed by atoms with E-state index in [9.17, 15) is 8.42 Å². The third-order valence-corrected chi connectivity index (χ3v) is 5.52. The van der Waals surface area contributed by atoms with Crippen LogP contribution in [-0.4, -0.2) is 62.4 Å². The highest BCUT2D eigenvalue weighted by Gasteiger charge is 2.34. The number of sulfonamides is 1. The molecule has 2 rings (SSSR count). The predicted octanol–water partition coefficient (Wildman–Crippen LogP) is 0.838. The molecule has 0 amide bonds. The molecule has 1 aliphatic heterocycles. The molecule has 1 saturated heterocycles. The molecule has 1 aliphatic rings. The van der Waals surface area contributed by atoms with Crippen LogP contribution in [-0.2, 0) is 10.0 Å². The van der Waals surface area contributed by atoms with Crippen LogP contribution < -0.4 is 5.32 Å². The van der Waals surface area contributed by atoms with Gasteiger partial charge >= 0.3 is 0 Å². The molecule has 2 heterocycles. The lowest BCUT2D eigenvalue weighted by molar-refractivity contribution is 0.302. The van der Waals surface area contributed by atoms with E-state index in [2.05, 4.69) is 15.2 Å². The summed E-state index contributed by atoms with van der Waals surface area (Å²) in [5.41, 5.74) is 0.621. The molecule has 7 heteroatoms. The number of rotatable bonds is 5. The maximum Gasteiger partial charge on any atom is 0.246 e. The fourth-order valence-electron chi connectivity index (χ4n) is 2.41. The van der Waals surface area contributed by atoms with E-state index >= 15 is 0 Å². The number of aromatic nitrogens is 1. The maximum absolute atomic E-state index is 12.7. The van der Waals surface area contributed by atoms with Crippen molar-refractivity contribution in [3.63, 3.8) is 0 Å². The first-order chi connectivity index (χ1) is 9.46. The quantitative estimate of drug-likeness (QED) is 0.872. The highest BCUT2D eigenvalue weighted by atomic mass is 32.2. The van der Waals surface area contributed by atoms with Crippen molar-refractivity contribution in [1.29, 1.82) is 0 Å². The highest BCUT2D eigenvalue weighted by molar-refractivity contribution is 7.89. The van der Waals surface area contributed by atoms with E-state index in [0.29, 0.717) is 25.3 Å². The standard InChI is InChI=1S/C13H22N4O2S/c1-4-15-12-5-7-14-9-13(12)20(18,19)17-8-6-11(10-17)16(2)3/h5,7,9,11H,4,6,8,10H2,1-3H3,(H,14,15). The Balaban J connectivity index is 2.28. The summed E-state index contributed by atoms with van der Waals surface area (Å²) in [5.74, 6) is 0. The van der Waals surface area contributed by atoms with Gasteiger partial charge in [-0.25, -0.2) is 8.42 Å². The minimum absolute atomic E-state index is 0.265. The van der Waals surface area contributed by atoms with E-state index < -0.39 is 10.0 Å². The number of anilines is 1. The van der Waals surface area contributed by atoms with Gasteiger partial charge in [0.05, 0.1) is 5.69 Å². The van der Waals surface area contributed by atoms with Crippen LogP contribution in [0.2, 0.25) is 0 Å². The number of pyridine rings is 1. The first kappa shape index (κ1) is 15.2. The van der Waals surface area contributed by atoms with Gasteiger partial charge in [-0.1, -0.05) is 0 Å². The molecule has 0 spiro atoms. The van der Waals surface area contributed by atoms with E-state index in [-0.39, 0.29) is 10.9 Å². The van der Waals surface area contributed by atoms with Crippen molar-refractivity contribution < 1.29 is 8.42 Å². The van der Waals surface area contributed by atoms with Crippen LogP contribution in [0, 0.1) is 0 Å². The summed E-state index contributed by atoms with van der Waals surface area (Å²) in [6.45, 7) is 3.71. The highest BCUT2D eigenvalue weighted by Crippen LogP contribution is 2.27. The Morgan fingerprint density at radius 2 is 2.25 bits per heavy atom. The average Bonchev–Trinajstić information content (AvgIpc) is 2.90. The molecule has 0 radical (unpaired) electrons. The Morgan fingerprint density at radius 1 is 1.50 bits per heavy atom. The summed E-state index contributed by atoms with van der Waals surface area (Å²) in [6.07, 6.45) is 3.89. The minimum atomic E-state index is -3.48. The molecule has 0 aliphatic carbocycles. The number of hydrogen-bond donors (Lipinski definition) is 1. The van der Waals surface area contributed by atoms with Crippen LogP contribution >= 0.6 is 0 Å². The van der Waals surface area contributed by atoms with Crippen molar-refractivity contribution in [2.24, 2.45) is 0 Å². The van der Waals surface area contributed by atoms with Gasteiger partial charge in [0.2, 0.25) is 10.0 Å². The first-order valence-electron chi connectivity index (χ1n) is 6.81. The van der Waals surface area contributed by atoms with E-state index in [4.69, 9.17) is 0 Å². The SMILES string of the molecule is CCNc1ccncc1S(=O)(=O)N1CCC(N(C)C)C1. The van der Waals surface area contributed by atoms with Crippen molar-refractivity contribution >= 4 is 15.7 Å². The molecular weight excluding hydrogens is 276 g/mol. The molecule has 1 atom stereocenters. The topological polar surface area (TPSA) is 65.5 Å². The summed E-state index contributed by atoms with van der Waals surface area (Å²) in [6, 6.07) is 1.99. The zero-order valence-electron chi connectivity index (χ0n) is 12.2. The lowest BCUT2D eigenvalue weighted by Crippen LogP contribution is -2.34. The second-order valence-electron chi connectivity index (χ2n) is 5.17. The van der Waals surface area contributed by atoms with Crippen molar-refractivity contribution in [2.45, 2.75) is 24.3 Å².